The van der Waals surface area contributed by atoms with Crippen LogP contribution in [0, 0.1) is 0 Å². The van der Waals surface area contributed by atoms with Crippen molar-refractivity contribution in [2.45, 2.75) is 29.5 Å². The molecule has 0 fully saturated rings. The van der Waals surface area contributed by atoms with Crippen molar-refractivity contribution in [2.24, 2.45) is 0 Å². The van der Waals surface area contributed by atoms with Crippen LogP contribution in [-0.4, -0.2) is 29.0 Å². The summed E-state index contributed by atoms with van der Waals surface area (Å²) in [5, 5.41) is 2.98. The third kappa shape index (κ3) is 3.99. The Labute approximate surface area is 156 Å². The van der Waals surface area contributed by atoms with Gasteiger partial charge in [-0.3, -0.25) is 9.59 Å². The number of thioether (sulfide) groups is 1. The number of anilines is 1. The molecule has 2 atom stereocenters. The molecule has 1 aliphatic heterocycles. The number of benzene rings is 2. The average molecular weight is 375 g/mol. The molecule has 0 saturated carbocycles. The first-order valence-corrected chi connectivity index (χ1v) is 9.29. The minimum absolute atomic E-state index is 0.0450. The van der Waals surface area contributed by atoms with Crippen LogP contribution >= 0.6 is 23.4 Å². The van der Waals surface area contributed by atoms with Gasteiger partial charge in [-0.25, -0.2) is 0 Å². The number of carbonyl (C=O) groups is 2. The second-order valence-electron chi connectivity index (χ2n) is 6.03. The number of hydrogen-bond donors (Lipinski definition) is 1. The van der Waals surface area contributed by atoms with E-state index in [4.69, 9.17) is 11.6 Å². The first-order valence-electron chi connectivity index (χ1n) is 8.03. The summed E-state index contributed by atoms with van der Waals surface area (Å²) >= 11 is 7.37. The van der Waals surface area contributed by atoms with Gasteiger partial charge in [-0.1, -0.05) is 41.9 Å². The van der Waals surface area contributed by atoms with Gasteiger partial charge < -0.3 is 10.2 Å². The number of carbonyl (C=O) groups excluding carboxylic acids is 2. The van der Waals surface area contributed by atoms with E-state index in [9.17, 15) is 9.59 Å². The zero-order chi connectivity index (χ0) is 18.0. The monoisotopic (exact) mass is 374 g/mol. The molecule has 6 heteroatoms. The second-order valence-corrected chi connectivity index (χ2v) is 7.71. The van der Waals surface area contributed by atoms with Gasteiger partial charge in [-0.2, -0.15) is 0 Å². The summed E-state index contributed by atoms with van der Waals surface area (Å²) in [5.41, 5.74) is 1.77. The molecule has 2 aromatic rings. The number of rotatable bonds is 4. The molecule has 4 nitrogen and oxygen atoms in total. The SMILES string of the molecule is C[C@H](c1ccccc1)N(C)C(=O)C[C@H]1Sc2ccc(Cl)cc2NC1=O. The molecule has 1 N–H and O–H groups in total. The topological polar surface area (TPSA) is 49.4 Å². The minimum atomic E-state index is -0.438. The predicted molar refractivity (Wildman–Crippen MR) is 102 cm³/mol. The molecule has 0 aliphatic carbocycles. The summed E-state index contributed by atoms with van der Waals surface area (Å²) in [4.78, 5) is 27.6. The van der Waals surface area contributed by atoms with Crippen molar-refractivity contribution in [2.75, 3.05) is 12.4 Å². The first kappa shape index (κ1) is 17.8. The van der Waals surface area contributed by atoms with E-state index in [0.717, 1.165) is 10.5 Å². The standard InChI is InChI=1S/C19H19ClN2O2S/c1-12(13-6-4-3-5-7-13)22(2)18(23)11-17-19(24)21-15-10-14(20)8-9-16(15)25-17/h3-10,12,17H,11H2,1-2H3,(H,21,24)/t12-,17-/m1/s1. The lowest BCUT2D eigenvalue weighted by Crippen LogP contribution is -2.36. The van der Waals surface area contributed by atoms with Crippen LogP contribution in [0.5, 0.6) is 0 Å². The van der Waals surface area contributed by atoms with Crippen molar-refractivity contribution in [3.8, 4) is 0 Å². The van der Waals surface area contributed by atoms with E-state index in [-0.39, 0.29) is 24.3 Å². The Balaban J connectivity index is 1.68. The zero-order valence-electron chi connectivity index (χ0n) is 14.0. The molecule has 0 radical (unpaired) electrons. The molecule has 0 spiro atoms. The van der Waals surface area contributed by atoms with Crippen LogP contribution in [0.15, 0.2) is 53.4 Å². The molecule has 25 heavy (non-hydrogen) atoms. The summed E-state index contributed by atoms with van der Waals surface area (Å²) in [6.45, 7) is 1.98. The quantitative estimate of drug-likeness (QED) is 0.864. The summed E-state index contributed by atoms with van der Waals surface area (Å²) < 4.78 is 0. The highest BCUT2D eigenvalue weighted by Gasteiger charge is 2.31. The number of nitrogens with zero attached hydrogens (tertiary/aromatic N) is 1. The van der Waals surface area contributed by atoms with Gasteiger partial charge in [0, 0.05) is 23.4 Å². The summed E-state index contributed by atoms with van der Waals surface area (Å²) in [6.07, 6.45) is 0.159. The van der Waals surface area contributed by atoms with Gasteiger partial charge in [0.05, 0.1) is 17.0 Å². The van der Waals surface area contributed by atoms with E-state index in [2.05, 4.69) is 5.32 Å². The van der Waals surface area contributed by atoms with Crippen LogP contribution in [-0.2, 0) is 9.59 Å². The molecular weight excluding hydrogens is 356 g/mol. The van der Waals surface area contributed by atoms with Gasteiger partial charge >= 0.3 is 0 Å². The molecule has 130 valence electrons. The summed E-state index contributed by atoms with van der Waals surface area (Å²) in [7, 11) is 1.78. The first-order chi connectivity index (χ1) is 12.0. The highest BCUT2D eigenvalue weighted by Crippen LogP contribution is 2.38. The number of fused-ring (bicyclic) bond motifs is 1. The Hall–Kier alpha value is -1.98. The van der Waals surface area contributed by atoms with Crippen LogP contribution in [0.2, 0.25) is 5.02 Å². The Morgan fingerprint density at radius 3 is 2.72 bits per heavy atom. The smallest absolute Gasteiger partial charge is 0.238 e. The lowest BCUT2D eigenvalue weighted by Gasteiger charge is -2.29. The fraction of sp³-hybridized carbons (Fsp3) is 0.263. The van der Waals surface area contributed by atoms with Crippen molar-refractivity contribution < 1.29 is 9.59 Å². The fourth-order valence-corrected chi connectivity index (χ4v) is 3.98. The number of nitrogens with one attached hydrogen (secondary N) is 1. The lowest BCUT2D eigenvalue weighted by atomic mass is 10.1. The van der Waals surface area contributed by atoms with Crippen LogP contribution in [0.25, 0.3) is 0 Å². The predicted octanol–water partition coefficient (Wildman–Crippen LogP) is 4.36. The third-order valence-corrected chi connectivity index (χ3v) is 5.89. The van der Waals surface area contributed by atoms with Crippen molar-refractivity contribution in [1.29, 1.82) is 0 Å². The maximum absolute atomic E-state index is 12.6. The molecule has 0 bridgehead atoms. The van der Waals surface area contributed by atoms with Gasteiger partial charge in [0.15, 0.2) is 0 Å². The van der Waals surface area contributed by atoms with Crippen molar-refractivity contribution in [3.63, 3.8) is 0 Å². The van der Waals surface area contributed by atoms with Crippen molar-refractivity contribution >= 4 is 40.9 Å². The van der Waals surface area contributed by atoms with E-state index in [1.807, 2.05) is 43.3 Å². The highest BCUT2D eigenvalue weighted by atomic mass is 35.5. The minimum Gasteiger partial charge on any atom is -0.339 e. The number of amides is 2. The molecule has 2 amide bonds. The van der Waals surface area contributed by atoms with Crippen LogP contribution in [0.4, 0.5) is 5.69 Å². The molecule has 0 saturated heterocycles. The molecule has 3 rings (SSSR count). The maximum atomic E-state index is 12.6. The Morgan fingerprint density at radius 1 is 1.28 bits per heavy atom. The molecular formula is C19H19ClN2O2S. The molecule has 1 heterocycles. The van der Waals surface area contributed by atoms with Crippen LogP contribution in [0.1, 0.15) is 24.9 Å². The van der Waals surface area contributed by atoms with E-state index in [0.29, 0.717) is 10.7 Å². The number of hydrogen-bond acceptors (Lipinski definition) is 3. The zero-order valence-corrected chi connectivity index (χ0v) is 15.6. The fourth-order valence-electron chi connectivity index (χ4n) is 2.73. The van der Waals surface area contributed by atoms with Gasteiger partial charge in [0.1, 0.15) is 0 Å². The molecule has 1 aliphatic rings. The van der Waals surface area contributed by atoms with Gasteiger partial charge in [-0.05, 0) is 30.7 Å². The third-order valence-electron chi connectivity index (χ3n) is 4.38. The van der Waals surface area contributed by atoms with E-state index >= 15 is 0 Å². The van der Waals surface area contributed by atoms with Crippen molar-refractivity contribution in [3.05, 3.63) is 59.1 Å². The molecule has 0 unspecified atom stereocenters. The summed E-state index contributed by atoms with van der Waals surface area (Å²) in [6, 6.07) is 15.2. The normalized spacial score (nSPS) is 17.4. The lowest BCUT2D eigenvalue weighted by molar-refractivity contribution is -0.133. The van der Waals surface area contributed by atoms with E-state index in [1.54, 1.807) is 24.1 Å². The van der Waals surface area contributed by atoms with Crippen molar-refractivity contribution in [1.82, 2.24) is 4.90 Å². The van der Waals surface area contributed by atoms with Gasteiger partial charge in [0.25, 0.3) is 0 Å². The van der Waals surface area contributed by atoms with E-state index < -0.39 is 5.25 Å². The van der Waals surface area contributed by atoms with Crippen LogP contribution < -0.4 is 5.32 Å². The largest absolute Gasteiger partial charge is 0.339 e. The Bertz CT molecular complexity index is 797. The number of halogens is 1. The van der Waals surface area contributed by atoms with Gasteiger partial charge in [-0.15, -0.1) is 11.8 Å². The van der Waals surface area contributed by atoms with E-state index in [1.165, 1.54) is 11.8 Å². The van der Waals surface area contributed by atoms with Crippen LogP contribution in [0.3, 0.4) is 0 Å². The average Bonchev–Trinajstić information content (AvgIpc) is 2.62. The second kappa shape index (κ2) is 7.50. The summed E-state index contributed by atoms with van der Waals surface area (Å²) in [5.74, 6) is -0.213. The molecule has 0 aromatic heterocycles. The Morgan fingerprint density at radius 2 is 2.00 bits per heavy atom. The molecule has 2 aromatic carbocycles. The van der Waals surface area contributed by atoms with Gasteiger partial charge in [0.2, 0.25) is 11.8 Å². The Kier molecular flexibility index (Phi) is 5.35. The maximum Gasteiger partial charge on any atom is 0.238 e. The highest BCUT2D eigenvalue weighted by molar-refractivity contribution is 8.01.